The van der Waals surface area contributed by atoms with Gasteiger partial charge < -0.3 is 14.3 Å². The van der Waals surface area contributed by atoms with Crippen LogP contribution in [0.2, 0.25) is 0 Å². The molecule has 4 fully saturated rings. The van der Waals surface area contributed by atoms with Gasteiger partial charge in [-0.3, -0.25) is 4.79 Å². The Balaban J connectivity index is 1.26. The molecule has 2 aromatic rings. The Labute approximate surface area is 162 Å². The summed E-state index contributed by atoms with van der Waals surface area (Å²) in [4.78, 5) is 12.4. The Morgan fingerprint density at radius 3 is 2.48 bits per heavy atom. The van der Waals surface area contributed by atoms with Crippen LogP contribution in [-0.2, 0) is 10.2 Å². The number of hydrogen-bond acceptors (Lipinski definition) is 7. The summed E-state index contributed by atoms with van der Waals surface area (Å²) in [6.07, 6.45) is 7.71. The molecule has 6 rings (SSSR count). The smallest absolute Gasteiger partial charge is 0.277 e. The summed E-state index contributed by atoms with van der Waals surface area (Å²) in [5, 5.41) is 15.3. The summed E-state index contributed by atoms with van der Waals surface area (Å²) in [7, 11) is 0. The average molecular weight is 388 g/mol. The maximum Gasteiger partial charge on any atom is 0.277 e. The second-order valence-electron chi connectivity index (χ2n) is 8.64. The van der Waals surface area contributed by atoms with Crippen LogP contribution in [0.3, 0.4) is 0 Å². The first-order valence-corrected chi connectivity index (χ1v) is 10.6. The zero-order chi connectivity index (χ0) is 18.6. The van der Waals surface area contributed by atoms with Crippen LogP contribution in [0.15, 0.2) is 20.2 Å². The maximum atomic E-state index is 12.4. The van der Waals surface area contributed by atoms with E-state index in [4.69, 9.17) is 8.94 Å². The maximum absolute atomic E-state index is 12.4. The normalized spacial score (nSPS) is 32.6. The molecule has 4 aliphatic rings. The lowest BCUT2D eigenvalue weighted by Crippen LogP contribution is -2.48. The van der Waals surface area contributed by atoms with E-state index in [1.165, 1.54) is 50.3 Å². The number of carbonyl (C=O) groups excluding carboxylic acids is 1. The Hall–Kier alpha value is -1.83. The van der Waals surface area contributed by atoms with Gasteiger partial charge in [-0.15, -0.1) is 10.2 Å². The molecule has 2 aromatic heterocycles. The third-order valence-corrected chi connectivity index (χ3v) is 7.36. The monoisotopic (exact) mass is 388 g/mol. The fraction of sp³-hybridized carbons (Fsp3) is 0.684. The molecule has 8 heteroatoms. The lowest BCUT2D eigenvalue weighted by atomic mass is 9.49. The molecule has 2 heterocycles. The number of aromatic nitrogens is 3. The molecule has 4 aliphatic carbocycles. The van der Waals surface area contributed by atoms with Gasteiger partial charge in [0, 0.05) is 11.5 Å². The highest BCUT2D eigenvalue weighted by molar-refractivity contribution is 8.00. The molecule has 4 saturated carbocycles. The van der Waals surface area contributed by atoms with E-state index in [1.54, 1.807) is 13.0 Å². The Morgan fingerprint density at radius 1 is 1.22 bits per heavy atom. The predicted molar refractivity (Wildman–Crippen MR) is 99.3 cm³/mol. The first-order chi connectivity index (χ1) is 13.0. The minimum Gasteiger partial charge on any atom is -0.415 e. The van der Waals surface area contributed by atoms with Crippen molar-refractivity contribution >= 4 is 23.5 Å². The van der Waals surface area contributed by atoms with E-state index >= 15 is 0 Å². The molecule has 0 aromatic carbocycles. The Morgan fingerprint density at radius 2 is 1.89 bits per heavy atom. The largest absolute Gasteiger partial charge is 0.415 e. The summed E-state index contributed by atoms with van der Waals surface area (Å²) >= 11 is 1.29. The molecular formula is C19H24N4O3S. The highest BCUT2D eigenvalue weighted by Gasteiger charge is 2.54. The summed E-state index contributed by atoms with van der Waals surface area (Å²) in [5.41, 5.74) is 0.0876. The number of rotatable bonds is 5. The number of aryl methyl sites for hydroxylation is 1. The highest BCUT2D eigenvalue weighted by Crippen LogP contribution is 2.60. The number of hydrogen-bond donors (Lipinski definition) is 1. The van der Waals surface area contributed by atoms with Crippen molar-refractivity contribution in [3.8, 4) is 0 Å². The van der Waals surface area contributed by atoms with Crippen LogP contribution in [0.5, 0.6) is 0 Å². The molecule has 144 valence electrons. The minimum absolute atomic E-state index is 0.0876. The van der Waals surface area contributed by atoms with E-state index in [-0.39, 0.29) is 16.6 Å². The van der Waals surface area contributed by atoms with Crippen molar-refractivity contribution < 1.29 is 13.7 Å². The van der Waals surface area contributed by atoms with Gasteiger partial charge >= 0.3 is 0 Å². The number of anilines is 1. The van der Waals surface area contributed by atoms with Gasteiger partial charge in [0.1, 0.15) is 5.76 Å². The van der Waals surface area contributed by atoms with Gasteiger partial charge in [0.15, 0.2) is 5.82 Å². The molecule has 1 amide bonds. The SMILES string of the molecule is Cc1cc(NC(=O)[C@H](C)Sc2nnc(C34CC5CC(CC(C5)C3)C4)o2)no1. The van der Waals surface area contributed by atoms with Crippen LogP contribution in [0.4, 0.5) is 5.82 Å². The zero-order valence-electron chi connectivity index (χ0n) is 15.6. The van der Waals surface area contributed by atoms with Crippen LogP contribution in [0, 0.1) is 24.7 Å². The van der Waals surface area contributed by atoms with Crippen molar-refractivity contribution in [2.24, 2.45) is 17.8 Å². The van der Waals surface area contributed by atoms with Gasteiger partial charge in [-0.05, 0) is 70.1 Å². The van der Waals surface area contributed by atoms with Crippen molar-refractivity contribution in [3.63, 3.8) is 0 Å². The molecule has 4 bridgehead atoms. The van der Waals surface area contributed by atoms with Crippen LogP contribution < -0.4 is 5.32 Å². The first kappa shape index (κ1) is 17.3. The van der Waals surface area contributed by atoms with E-state index in [0.717, 1.165) is 23.6 Å². The zero-order valence-corrected chi connectivity index (χ0v) is 16.4. The van der Waals surface area contributed by atoms with E-state index in [1.807, 2.05) is 6.92 Å². The van der Waals surface area contributed by atoms with E-state index in [9.17, 15) is 4.79 Å². The van der Waals surface area contributed by atoms with Crippen LogP contribution in [-0.4, -0.2) is 26.5 Å². The van der Waals surface area contributed by atoms with Gasteiger partial charge in [0.2, 0.25) is 11.8 Å². The van der Waals surface area contributed by atoms with Gasteiger partial charge in [0.05, 0.1) is 5.25 Å². The average Bonchev–Trinajstić information content (AvgIpc) is 3.23. The van der Waals surface area contributed by atoms with Crippen molar-refractivity contribution in [1.82, 2.24) is 15.4 Å². The van der Waals surface area contributed by atoms with Gasteiger partial charge in [-0.25, -0.2) is 0 Å². The van der Waals surface area contributed by atoms with Gasteiger partial charge in [0.25, 0.3) is 5.22 Å². The van der Waals surface area contributed by atoms with Crippen molar-refractivity contribution in [3.05, 3.63) is 17.7 Å². The number of amides is 1. The van der Waals surface area contributed by atoms with Crippen LogP contribution in [0.1, 0.15) is 57.1 Å². The summed E-state index contributed by atoms with van der Waals surface area (Å²) in [6.45, 7) is 3.60. The topological polar surface area (TPSA) is 94.1 Å². The molecule has 1 atom stereocenters. The molecule has 1 N–H and O–H groups in total. The van der Waals surface area contributed by atoms with Crippen molar-refractivity contribution in [2.45, 2.75) is 68.3 Å². The summed E-state index contributed by atoms with van der Waals surface area (Å²) in [6, 6.07) is 1.69. The Kier molecular flexibility index (Phi) is 4.07. The lowest BCUT2D eigenvalue weighted by molar-refractivity contribution is -0.115. The summed E-state index contributed by atoms with van der Waals surface area (Å²) in [5.74, 6) is 4.19. The molecule has 0 radical (unpaired) electrons. The van der Waals surface area contributed by atoms with E-state index in [2.05, 4.69) is 20.7 Å². The summed E-state index contributed by atoms with van der Waals surface area (Å²) < 4.78 is 11.0. The molecule has 0 saturated heterocycles. The molecule has 7 nitrogen and oxygen atoms in total. The van der Waals surface area contributed by atoms with Crippen LogP contribution in [0.25, 0.3) is 0 Å². The number of carbonyl (C=O) groups is 1. The van der Waals surface area contributed by atoms with E-state index in [0.29, 0.717) is 16.8 Å². The highest BCUT2D eigenvalue weighted by atomic mass is 32.2. The third kappa shape index (κ3) is 3.17. The third-order valence-electron chi connectivity index (χ3n) is 6.42. The first-order valence-electron chi connectivity index (χ1n) is 9.74. The fourth-order valence-electron chi connectivity index (χ4n) is 5.70. The molecular weight excluding hydrogens is 364 g/mol. The quantitative estimate of drug-likeness (QED) is 0.775. The molecule has 0 spiro atoms. The standard InChI is InChI=1S/C19H24N4O3S/c1-10-3-15(23-26-10)20-16(24)11(2)27-18-22-21-17(25-18)19-7-12-4-13(8-19)6-14(5-12)9-19/h3,11-14H,4-9H2,1-2H3,(H,20,23,24)/t11-,12?,13?,14?,19?/m0/s1. The van der Waals surface area contributed by atoms with E-state index < -0.39 is 0 Å². The number of nitrogens with zero attached hydrogens (tertiary/aromatic N) is 3. The second kappa shape index (κ2) is 6.36. The molecule has 0 unspecified atom stereocenters. The van der Waals surface area contributed by atoms with Gasteiger partial charge in [-0.2, -0.15) is 0 Å². The number of nitrogens with one attached hydrogen (secondary N) is 1. The number of thioether (sulfide) groups is 1. The molecule has 27 heavy (non-hydrogen) atoms. The Bertz CT molecular complexity index is 825. The lowest BCUT2D eigenvalue weighted by Gasteiger charge is -2.55. The minimum atomic E-state index is -0.369. The van der Waals surface area contributed by atoms with Crippen LogP contribution >= 0.6 is 11.8 Å². The molecule has 0 aliphatic heterocycles. The van der Waals surface area contributed by atoms with Crippen molar-refractivity contribution in [1.29, 1.82) is 0 Å². The predicted octanol–water partition coefficient (Wildman–Crippen LogP) is 3.95. The second-order valence-corrected chi connectivity index (χ2v) is 9.94. The fourth-order valence-corrected chi connectivity index (χ4v) is 6.39. The van der Waals surface area contributed by atoms with Gasteiger partial charge in [-0.1, -0.05) is 16.9 Å². The van der Waals surface area contributed by atoms with Crippen molar-refractivity contribution in [2.75, 3.05) is 5.32 Å².